The lowest BCUT2D eigenvalue weighted by molar-refractivity contribution is 0.313. The predicted molar refractivity (Wildman–Crippen MR) is 78.3 cm³/mol. The van der Waals surface area contributed by atoms with Crippen LogP contribution in [0.3, 0.4) is 0 Å². The van der Waals surface area contributed by atoms with Gasteiger partial charge in [0.15, 0.2) is 0 Å². The highest BCUT2D eigenvalue weighted by molar-refractivity contribution is 7.90. The molecule has 0 heterocycles. The molecule has 0 bridgehead atoms. The van der Waals surface area contributed by atoms with Crippen molar-refractivity contribution in [2.45, 2.75) is 26.3 Å². The average Bonchev–Trinajstić information content (AvgIpc) is 2.35. The number of hydrogen-bond acceptors (Lipinski definition) is 4. The molecule has 0 aromatic heterocycles. The zero-order valence-electron chi connectivity index (χ0n) is 11.7. The van der Waals surface area contributed by atoms with E-state index in [0.717, 1.165) is 30.8 Å². The summed E-state index contributed by atoms with van der Waals surface area (Å²) in [6.45, 7) is 4.30. The van der Waals surface area contributed by atoms with Crippen molar-refractivity contribution in [1.82, 2.24) is 5.32 Å². The second kappa shape index (κ2) is 8.17. The van der Waals surface area contributed by atoms with Crippen LogP contribution in [0.5, 0.6) is 5.75 Å². The standard InChI is InChI=1S/C14H23NO3S/c1-3-9-15-12-13-7-4-5-8-14(13)18-10-6-11-19(2,16)17/h4-5,7-8,15H,3,6,9-12H2,1-2H3. The van der Waals surface area contributed by atoms with Gasteiger partial charge in [-0.2, -0.15) is 0 Å². The smallest absolute Gasteiger partial charge is 0.147 e. The second-order valence-electron chi connectivity index (χ2n) is 4.62. The molecule has 0 fully saturated rings. The molecule has 1 N–H and O–H groups in total. The average molecular weight is 285 g/mol. The monoisotopic (exact) mass is 285 g/mol. The van der Waals surface area contributed by atoms with Gasteiger partial charge in [0.1, 0.15) is 15.6 Å². The first-order valence-corrected chi connectivity index (χ1v) is 8.68. The van der Waals surface area contributed by atoms with E-state index in [2.05, 4.69) is 12.2 Å². The van der Waals surface area contributed by atoms with Gasteiger partial charge in [0.2, 0.25) is 0 Å². The van der Waals surface area contributed by atoms with Gasteiger partial charge in [0, 0.05) is 18.4 Å². The van der Waals surface area contributed by atoms with Crippen LogP contribution in [-0.2, 0) is 16.4 Å². The molecule has 0 radical (unpaired) electrons. The van der Waals surface area contributed by atoms with Crippen molar-refractivity contribution in [3.63, 3.8) is 0 Å². The Kier molecular flexibility index (Phi) is 6.87. The van der Waals surface area contributed by atoms with Gasteiger partial charge < -0.3 is 10.1 Å². The van der Waals surface area contributed by atoms with Crippen molar-refractivity contribution in [3.8, 4) is 5.75 Å². The molecule has 0 aliphatic rings. The highest BCUT2D eigenvalue weighted by atomic mass is 32.2. The van der Waals surface area contributed by atoms with Gasteiger partial charge in [-0.15, -0.1) is 0 Å². The summed E-state index contributed by atoms with van der Waals surface area (Å²) in [7, 11) is -2.90. The number of nitrogens with one attached hydrogen (secondary N) is 1. The van der Waals surface area contributed by atoms with Crippen LogP contribution in [0.2, 0.25) is 0 Å². The number of para-hydroxylation sites is 1. The van der Waals surface area contributed by atoms with Crippen molar-refractivity contribution in [2.75, 3.05) is 25.2 Å². The molecule has 0 saturated heterocycles. The van der Waals surface area contributed by atoms with E-state index in [1.807, 2.05) is 24.3 Å². The molecule has 0 amide bonds. The Morgan fingerprint density at radius 2 is 2.00 bits per heavy atom. The lowest BCUT2D eigenvalue weighted by atomic mass is 10.2. The number of rotatable bonds is 9. The van der Waals surface area contributed by atoms with Crippen molar-refractivity contribution < 1.29 is 13.2 Å². The van der Waals surface area contributed by atoms with E-state index in [1.165, 1.54) is 6.26 Å². The molecule has 0 saturated carbocycles. The van der Waals surface area contributed by atoms with E-state index < -0.39 is 9.84 Å². The number of hydrogen-bond donors (Lipinski definition) is 1. The van der Waals surface area contributed by atoms with Gasteiger partial charge in [0.25, 0.3) is 0 Å². The maximum Gasteiger partial charge on any atom is 0.147 e. The zero-order valence-corrected chi connectivity index (χ0v) is 12.5. The van der Waals surface area contributed by atoms with E-state index in [4.69, 9.17) is 4.74 Å². The first-order valence-electron chi connectivity index (χ1n) is 6.62. The van der Waals surface area contributed by atoms with E-state index in [-0.39, 0.29) is 5.75 Å². The topological polar surface area (TPSA) is 55.4 Å². The van der Waals surface area contributed by atoms with Crippen LogP contribution < -0.4 is 10.1 Å². The Morgan fingerprint density at radius 3 is 2.68 bits per heavy atom. The molecular weight excluding hydrogens is 262 g/mol. The third-order valence-electron chi connectivity index (χ3n) is 2.63. The lowest BCUT2D eigenvalue weighted by Gasteiger charge is -2.11. The third-order valence-corrected chi connectivity index (χ3v) is 3.66. The summed E-state index contributed by atoms with van der Waals surface area (Å²) in [4.78, 5) is 0. The molecule has 0 atom stereocenters. The van der Waals surface area contributed by atoms with Crippen LogP contribution >= 0.6 is 0 Å². The summed E-state index contributed by atoms with van der Waals surface area (Å²) in [6, 6.07) is 7.85. The van der Waals surface area contributed by atoms with Gasteiger partial charge in [-0.1, -0.05) is 25.1 Å². The Labute approximate surface area is 116 Å². The number of ether oxygens (including phenoxy) is 1. The second-order valence-corrected chi connectivity index (χ2v) is 6.88. The summed E-state index contributed by atoms with van der Waals surface area (Å²) in [5.74, 6) is 1.00. The highest BCUT2D eigenvalue weighted by Gasteiger charge is 2.04. The third kappa shape index (κ3) is 7.18. The zero-order chi connectivity index (χ0) is 14.1. The van der Waals surface area contributed by atoms with E-state index in [1.54, 1.807) is 0 Å². The SMILES string of the molecule is CCCNCc1ccccc1OCCCS(C)(=O)=O. The predicted octanol–water partition coefficient (Wildman–Crippen LogP) is 2.00. The Morgan fingerprint density at radius 1 is 1.26 bits per heavy atom. The molecule has 1 aromatic carbocycles. The summed E-state index contributed by atoms with van der Waals surface area (Å²) in [5.41, 5.74) is 1.11. The van der Waals surface area contributed by atoms with Crippen molar-refractivity contribution in [1.29, 1.82) is 0 Å². The largest absolute Gasteiger partial charge is 0.493 e. The van der Waals surface area contributed by atoms with Crippen LogP contribution in [0, 0.1) is 0 Å². The van der Waals surface area contributed by atoms with E-state index in [0.29, 0.717) is 13.0 Å². The van der Waals surface area contributed by atoms with Crippen LogP contribution in [0.15, 0.2) is 24.3 Å². The maximum atomic E-state index is 11.0. The van der Waals surface area contributed by atoms with Crippen molar-refractivity contribution in [3.05, 3.63) is 29.8 Å². The maximum absolute atomic E-state index is 11.0. The molecule has 0 aliphatic heterocycles. The normalized spacial score (nSPS) is 11.5. The van der Waals surface area contributed by atoms with Gasteiger partial charge >= 0.3 is 0 Å². The van der Waals surface area contributed by atoms with E-state index in [9.17, 15) is 8.42 Å². The molecule has 5 heteroatoms. The minimum atomic E-state index is -2.90. The van der Waals surface area contributed by atoms with Gasteiger partial charge in [0.05, 0.1) is 12.4 Å². The van der Waals surface area contributed by atoms with E-state index >= 15 is 0 Å². The fourth-order valence-electron chi connectivity index (χ4n) is 1.69. The van der Waals surface area contributed by atoms with Gasteiger partial charge in [-0.25, -0.2) is 8.42 Å². The fourth-order valence-corrected chi connectivity index (χ4v) is 2.34. The minimum Gasteiger partial charge on any atom is -0.493 e. The van der Waals surface area contributed by atoms with Gasteiger partial charge in [-0.05, 0) is 25.5 Å². The Hall–Kier alpha value is -1.07. The summed E-state index contributed by atoms with van der Waals surface area (Å²) in [6.07, 6.45) is 2.86. The molecular formula is C14H23NO3S. The number of sulfone groups is 1. The quantitative estimate of drug-likeness (QED) is 0.705. The fraction of sp³-hybridized carbons (Fsp3) is 0.571. The summed E-state index contributed by atoms with van der Waals surface area (Å²) < 4.78 is 27.7. The minimum absolute atomic E-state index is 0.170. The molecule has 1 aromatic rings. The van der Waals surface area contributed by atoms with Crippen LogP contribution in [0.25, 0.3) is 0 Å². The lowest BCUT2D eigenvalue weighted by Crippen LogP contribution is -2.15. The van der Waals surface area contributed by atoms with Crippen LogP contribution in [0.1, 0.15) is 25.3 Å². The highest BCUT2D eigenvalue weighted by Crippen LogP contribution is 2.17. The number of benzene rings is 1. The summed E-state index contributed by atoms with van der Waals surface area (Å²) in [5, 5.41) is 3.33. The van der Waals surface area contributed by atoms with Crippen molar-refractivity contribution in [2.24, 2.45) is 0 Å². The molecule has 1 rings (SSSR count). The molecule has 0 spiro atoms. The first kappa shape index (κ1) is 16.0. The summed E-state index contributed by atoms with van der Waals surface area (Å²) >= 11 is 0. The van der Waals surface area contributed by atoms with Crippen LogP contribution in [0.4, 0.5) is 0 Å². The molecule has 108 valence electrons. The Balaban J connectivity index is 2.44. The molecule has 0 unspecified atom stereocenters. The molecule has 4 nitrogen and oxygen atoms in total. The Bertz CT molecular complexity index is 471. The molecule has 19 heavy (non-hydrogen) atoms. The first-order chi connectivity index (χ1) is 9.03. The molecule has 0 aliphatic carbocycles. The van der Waals surface area contributed by atoms with Crippen LogP contribution in [-0.4, -0.2) is 33.6 Å². The van der Waals surface area contributed by atoms with Gasteiger partial charge in [-0.3, -0.25) is 0 Å². The van der Waals surface area contributed by atoms with Crippen molar-refractivity contribution >= 4 is 9.84 Å².